The molecule has 1 aromatic rings. The molecular weight excluding hydrogens is 216 g/mol. The van der Waals surface area contributed by atoms with Crippen LogP contribution in [0.25, 0.3) is 4.48 Å². The van der Waals surface area contributed by atoms with E-state index in [2.05, 4.69) is 58.0 Å². The van der Waals surface area contributed by atoms with E-state index in [1.807, 2.05) is 0 Å². The van der Waals surface area contributed by atoms with E-state index in [1.54, 1.807) is 0 Å². The second-order valence-electron chi connectivity index (χ2n) is 3.18. The number of nitrogens with zero attached hydrogens (tertiary/aromatic N) is 2. The molecule has 0 saturated heterocycles. The van der Waals surface area contributed by atoms with Crippen molar-refractivity contribution >= 4 is 20.4 Å². The first-order chi connectivity index (χ1) is 5.68. The highest BCUT2D eigenvalue weighted by Crippen LogP contribution is 2.30. The third-order valence-corrected chi connectivity index (χ3v) is 2.82. The van der Waals surface area contributed by atoms with Gasteiger partial charge in [-0.25, -0.2) is 0 Å². The lowest BCUT2D eigenvalue weighted by Gasteiger charge is -2.21. The third kappa shape index (κ3) is 1.08. The smallest absolute Gasteiger partial charge is 0.0580 e. The summed E-state index contributed by atoms with van der Waals surface area (Å²) in [6.07, 6.45) is 4.21. The average Bonchev–Trinajstić information content (AvgIpc) is 2.33. The van der Waals surface area contributed by atoms with Gasteiger partial charge in [0.15, 0.2) is 0 Å². The summed E-state index contributed by atoms with van der Waals surface area (Å²) in [5, 5.41) is 0. The Balaban J connectivity index is 2.55. The fraction of sp³-hybridized carbons (Fsp3) is 0.333. The van der Waals surface area contributed by atoms with Crippen molar-refractivity contribution in [2.24, 2.45) is 7.05 Å². The van der Waals surface area contributed by atoms with Gasteiger partial charge in [-0.2, -0.15) is 0 Å². The minimum Gasteiger partial charge on any atom is -0.374 e. The van der Waals surface area contributed by atoms with Crippen molar-refractivity contribution in [1.82, 2.24) is 9.47 Å². The van der Waals surface area contributed by atoms with Crippen molar-refractivity contribution in [3.63, 3.8) is 0 Å². The Morgan fingerprint density at radius 3 is 2.92 bits per heavy atom. The summed E-state index contributed by atoms with van der Waals surface area (Å²) in [6.45, 7) is 0.994. The van der Waals surface area contributed by atoms with Crippen LogP contribution in [0.15, 0.2) is 18.5 Å². The van der Waals surface area contributed by atoms with Gasteiger partial charge in [-0.3, -0.25) is 0 Å². The minimum atomic E-state index is 0.994. The van der Waals surface area contributed by atoms with E-state index in [-0.39, 0.29) is 0 Å². The molecule has 2 nitrogen and oxygen atoms in total. The summed E-state index contributed by atoms with van der Waals surface area (Å²) in [6, 6.07) is 2.14. The summed E-state index contributed by atoms with van der Waals surface area (Å²) < 4.78 is 3.34. The van der Waals surface area contributed by atoms with E-state index in [4.69, 9.17) is 0 Å². The Labute approximate surface area is 80.6 Å². The van der Waals surface area contributed by atoms with Crippen LogP contribution in [0.2, 0.25) is 0 Å². The highest BCUT2D eigenvalue weighted by atomic mass is 79.9. The predicted octanol–water partition coefficient (Wildman–Crippen LogP) is 2.16. The molecule has 3 heteroatoms. The molecule has 0 atom stereocenters. The Kier molecular flexibility index (Phi) is 1.76. The van der Waals surface area contributed by atoms with Crippen LogP contribution in [-0.2, 0) is 13.6 Å². The summed E-state index contributed by atoms with van der Waals surface area (Å²) in [5.74, 6) is 0. The van der Waals surface area contributed by atoms with Crippen molar-refractivity contribution in [1.29, 1.82) is 0 Å². The minimum absolute atomic E-state index is 0.994. The molecule has 1 aromatic heterocycles. The number of aromatic nitrogens is 1. The van der Waals surface area contributed by atoms with E-state index in [0.29, 0.717) is 0 Å². The average molecular weight is 227 g/mol. The molecule has 0 aliphatic carbocycles. The van der Waals surface area contributed by atoms with Crippen molar-refractivity contribution in [3.8, 4) is 0 Å². The van der Waals surface area contributed by atoms with Crippen LogP contribution in [0, 0.1) is 0 Å². The van der Waals surface area contributed by atoms with Gasteiger partial charge in [0, 0.05) is 42.2 Å². The topological polar surface area (TPSA) is 8.17 Å². The fourth-order valence-electron chi connectivity index (χ4n) is 1.52. The summed E-state index contributed by atoms with van der Waals surface area (Å²) >= 11 is 3.55. The van der Waals surface area contributed by atoms with Gasteiger partial charge in [-0.05, 0) is 22.0 Å². The number of rotatable bonds is 0. The first-order valence-corrected chi connectivity index (χ1v) is 4.70. The Bertz CT molecular complexity index is 338. The maximum atomic E-state index is 3.55. The number of halogens is 1. The maximum absolute atomic E-state index is 3.55. The van der Waals surface area contributed by atoms with Gasteiger partial charge in [0.1, 0.15) is 0 Å². The Morgan fingerprint density at radius 2 is 2.17 bits per heavy atom. The van der Waals surface area contributed by atoms with Crippen LogP contribution < -0.4 is 0 Å². The zero-order chi connectivity index (χ0) is 8.72. The standard InChI is InChI=1S/C9H11BrN2/c1-11-5-8(10)7-3-4-12(2)9(7)6-11/h3-5H,6H2,1-2H3. The molecule has 0 N–H and O–H groups in total. The molecule has 0 aromatic carbocycles. The Morgan fingerprint density at radius 1 is 1.42 bits per heavy atom. The van der Waals surface area contributed by atoms with E-state index >= 15 is 0 Å². The summed E-state index contributed by atoms with van der Waals surface area (Å²) in [7, 11) is 4.16. The van der Waals surface area contributed by atoms with Crippen LogP contribution >= 0.6 is 15.9 Å². The molecule has 0 radical (unpaired) electrons. The maximum Gasteiger partial charge on any atom is 0.0580 e. The molecule has 0 saturated carbocycles. The largest absolute Gasteiger partial charge is 0.374 e. The molecule has 1 aliphatic heterocycles. The van der Waals surface area contributed by atoms with Gasteiger partial charge >= 0.3 is 0 Å². The fourth-order valence-corrected chi connectivity index (χ4v) is 2.23. The predicted molar refractivity (Wildman–Crippen MR) is 53.8 cm³/mol. The lowest BCUT2D eigenvalue weighted by molar-refractivity contribution is 0.433. The van der Waals surface area contributed by atoms with E-state index in [9.17, 15) is 0 Å². The molecule has 0 bridgehead atoms. The van der Waals surface area contributed by atoms with E-state index in [1.165, 1.54) is 15.7 Å². The Hall–Kier alpha value is -0.700. The summed E-state index contributed by atoms with van der Waals surface area (Å²) in [4.78, 5) is 2.17. The highest BCUT2D eigenvalue weighted by Gasteiger charge is 2.15. The highest BCUT2D eigenvalue weighted by molar-refractivity contribution is 9.15. The normalized spacial score (nSPS) is 15.9. The lowest BCUT2D eigenvalue weighted by Crippen LogP contribution is -2.17. The second-order valence-corrected chi connectivity index (χ2v) is 4.03. The van der Waals surface area contributed by atoms with Crippen LogP contribution in [-0.4, -0.2) is 16.5 Å². The van der Waals surface area contributed by atoms with Gasteiger partial charge in [0.05, 0.1) is 6.54 Å². The van der Waals surface area contributed by atoms with Crippen molar-refractivity contribution in [3.05, 3.63) is 29.7 Å². The molecule has 0 amide bonds. The van der Waals surface area contributed by atoms with Crippen LogP contribution in [0.1, 0.15) is 11.3 Å². The second kappa shape index (κ2) is 2.66. The number of hydrogen-bond acceptors (Lipinski definition) is 1. The zero-order valence-corrected chi connectivity index (χ0v) is 8.80. The number of aryl methyl sites for hydroxylation is 1. The molecule has 0 fully saturated rings. The number of fused-ring (bicyclic) bond motifs is 1. The van der Waals surface area contributed by atoms with Crippen LogP contribution in [0.3, 0.4) is 0 Å². The van der Waals surface area contributed by atoms with Gasteiger partial charge in [0.25, 0.3) is 0 Å². The first kappa shape index (κ1) is 7.92. The molecule has 0 spiro atoms. The molecular formula is C9H11BrN2. The van der Waals surface area contributed by atoms with Gasteiger partial charge in [0.2, 0.25) is 0 Å². The first-order valence-electron chi connectivity index (χ1n) is 3.90. The molecule has 64 valence electrons. The van der Waals surface area contributed by atoms with E-state index in [0.717, 1.165) is 6.54 Å². The van der Waals surface area contributed by atoms with Crippen molar-refractivity contribution < 1.29 is 0 Å². The van der Waals surface area contributed by atoms with Crippen molar-refractivity contribution in [2.75, 3.05) is 7.05 Å². The van der Waals surface area contributed by atoms with Gasteiger partial charge in [-0.1, -0.05) is 0 Å². The third-order valence-electron chi connectivity index (χ3n) is 2.19. The molecule has 2 heterocycles. The van der Waals surface area contributed by atoms with Gasteiger partial charge in [-0.15, -0.1) is 0 Å². The SMILES string of the molecule is CN1C=C(Br)c2ccn(C)c2C1. The lowest BCUT2D eigenvalue weighted by atomic mass is 10.2. The quantitative estimate of drug-likeness (QED) is 0.659. The number of hydrogen-bond donors (Lipinski definition) is 0. The van der Waals surface area contributed by atoms with Crippen LogP contribution in [0.5, 0.6) is 0 Å². The molecule has 1 aliphatic rings. The monoisotopic (exact) mass is 226 g/mol. The molecule has 0 unspecified atom stereocenters. The summed E-state index contributed by atoms with van der Waals surface area (Å²) in [5.41, 5.74) is 2.68. The molecule has 2 rings (SSSR count). The van der Waals surface area contributed by atoms with Crippen LogP contribution in [0.4, 0.5) is 0 Å². The zero-order valence-electron chi connectivity index (χ0n) is 7.21. The molecule has 12 heavy (non-hydrogen) atoms. The van der Waals surface area contributed by atoms with E-state index < -0.39 is 0 Å². The van der Waals surface area contributed by atoms with Gasteiger partial charge < -0.3 is 9.47 Å². The van der Waals surface area contributed by atoms with Crippen molar-refractivity contribution in [2.45, 2.75) is 6.54 Å².